The summed E-state index contributed by atoms with van der Waals surface area (Å²) < 4.78 is 19.9. The van der Waals surface area contributed by atoms with Gasteiger partial charge in [-0.15, -0.1) is 0 Å². The average molecular weight is 287 g/mol. The van der Waals surface area contributed by atoms with Gasteiger partial charge in [-0.05, 0) is 43.7 Å². The van der Waals surface area contributed by atoms with E-state index in [4.69, 9.17) is 4.74 Å². The Kier molecular flexibility index (Phi) is 5.34. The van der Waals surface area contributed by atoms with E-state index in [2.05, 4.69) is 5.32 Å². The van der Waals surface area contributed by atoms with Crippen molar-refractivity contribution in [1.82, 2.24) is 5.32 Å². The second-order valence-electron chi connectivity index (χ2n) is 4.97. The van der Waals surface area contributed by atoms with E-state index < -0.39 is 0 Å². The largest absolute Gasteiger partial charge is 0.494 e. The molecule has 1 unspecified atom stereocenters. The molecule has 0 aromatic heterocycles. The lowest BCUT2D eigenvalue weighted by Gasteiger charge is -2.20. The number of halogens is 1. The predicted molar refractivity (Wildman–Crippen MR) is 84.3 cm³/mol. The molecule has 112 valence electrons. The first-order chi connectivity index (χ1) is 10.2. The lowest BCUT2D eigenvalue weighted by molar-refractivity contribution is 0.340. The van der Waals surface area contributed by atoms with Crippen LogP contribution in [0.25, 0.3) is 0 Å². The van der Waals surface area contributed by atoms with Gasteiger partial charge >= 0.3 is 0 Å². The minimum absolute atomic E-state index is 0.141. The topological polar surface area (TPSA) is 21.3 Å². The van der Waals surface area contributed by atoms with Gasteiger partial charge in [0.1, 0.15) is 11.6 Å². The van der Waals surface area contributed by atoms with E-state index in [1.54, 1.807) is 13.0 Å². The van der Waals surface area contributed by atoms with Crippen molar-refractivity contribution in [2.75, 3.05) is 13.2 Å². The normalized spacial score (nSPS) is 12.2. The number of hydrogen-bond donors (Lipinski definition) is 1. The van der Waals surface area contributed by atoms with Crippen LogP contribution in [0.2, 0.25) is 0 Å². The van der Waals surface area contributed by atoms with E-state index >= 15 is 0 Å². The van der Waals surface area contributed by atoms with Crippen LogP contribution in [-0.4, -0.2) is 13.2 Å². The Morgan fingerprint density at radius 1 is 1.10 bits per heavy atom. The Bertz CT molecular complexity index is 580. The Balaban J connectivity index is 2.36. The highest BCUT2D eigenvalue weighted by Gasteiger charge is 2.17. The molecule has 0 fully saturated rings. The zero-order valence-electron chi connectivity index (χ0n) is 12.8. The van der Waals surface area contributed by atoms with Gasteiger partial charge in [0.2, 0.25) is 0 Å². The molecule has 3 heteroatoms. The van der Waals surface area contributed by atoms with Gasteiger partial charge in [-0.3, -0.25) is 0 Å². The number of rotatable bonds is 6. The molecule has 0 aliphatic carbocycles. The summed E-state index contributed by atoms with van der Waals surface area (Å²) in [7, 11) is 0. The molecular formula is C18H22FNO. The molecule has 1 N–H and O–H groups in total. The van der Waals surface area contributed by atoms with Crippen LogP contribution in [0.4, 0.5) is 4.39 Å². The lowest BCUT2D eigenvalue weighted by Crippen LogP contribution is -2.23. The summed E-state index contributed by atoms with van der Waals surface area (Å²) >= 11 is 0. The van der Waals surface area contributed by atoms with Crippen molar-refractivity contribution < 1.29 is 9.13 Å². The standard InChI is InChI=1S/C18H22FNO/c1-4-20-18(16-8-6-7-13(3)17(16)19)14-9-11-15(12-10-14)21-5-2/h6-12,18,20H,4-5H2,1-3H3. The van der Waals surface area contributed by atoms with Crippen molar-refractivity contribution in [2.24, 2.45) is 0 Å². The summed E-state index contributed by atoms with van der Waals surface area (Å²) in [5, 5.41) is 3.35. The van der Waals surface area contributed by atoms with Gasteiger partial charge in [0.15, 0.2) is 0 Å². The first kappa shape index (κ1) is 15.5. The third-order valence-corrected chi connectivity index (χ3v) is 3.47. The van der Waals surface area contributed by atoms with Crippen LogP contribution in [0.3, 0.4) is 0 Å². The minimum Gasteiger partial charge on any atom is -0.494 e. The zero-order chi connectivity index (χ0) is 15.2. The lowest BCUT2D eigenvalue weighted by atomic mass is 9.96. The Morgan fingerprint density at radius 3 is 2.43 bits per heavy atom. The van der Waals surface area contributed by atoms with E-state index in [0.29, 0.717) is 17.7 Å². The summed E-state index contributed by atoms with van der Waals surface area (Å²) in [6, 6.07) is 13.2. The predicted octanol–water partition coefficient (Wildman–Crippen LogP) is 4.23. The first-order valence-electron chi connectivity index (χ1n) is 7.38. The third kappa shape index (κ3) is 3.61. The molecule has 0 aliphatic heterocycles. The molecule has 0 spiro atoms. The molecular weight excluding hydrogens is 265 g/mol. The van der Waals surface area contributed by atoms with Crippen molar-refractivity contribution in [3.05, 3.63) is 65.0 Å². The maximum Gasteiger partial charge on any atom is 0.131 e. The molecule has 1 atom stereocenters. The Hall–Kier alpha value is -1.87. The van der Waals surface area contributed by atoms with Crippen LogP contribution >= 0.6 is 0 Å². The number of benzene rings is 2. The molecule has 0 saturated heterocycles. The highest BCUT2D eigenvalue weighted by atomic mass is 19.1. The SMILES string of the molecule is CCNC(c1ccc(OCC)cc1)c1cccc(C)c1F. The van der Waals surface area contributed by atoms with E-state index in [1.807, 2.05) is 50.2 Å². The van der Waals surface area contributed by atoms with Crippen molar-refractivity contribution in [1.29, 1.82) is 0 Å². The average Bonchev–Trinajstić information content (AvgIpc) is 2.49. The summed E-state index contributed by atoms with van der Waals surface area (Å²) in [6.07, 6.45) is 0. The first-order valence-corrected chi connectivity index (χ1v) is 7.38. The van der Waals surface area contributed by atoms with E-state index in [9.17, 15) is 4.39 Å². The van der Waals surface area contributed by atoms with Crippen LogP contribution in [0.1, 0.15) is 36.6 Å². The molecule has 0 radical (unpaired) electrons. The molecule has 2 nitrogen and oxygen atoms in total. The fraction of sp³-hybridized carbons (Fsp3) is 0.333. The summed E-state index contributed by atoms with van der Waals surface area (Å²) in [4.78, 5) is 0. The fourth-order valence-electron chi connectivity index (χ4n) is 2.43. The quantitative estimate of drug-likeness (QED) is 0.858. The maximum atomic E-state index is 14.4. The van der Waals surface area contributed by atoms with Crippen molar-refractivity contribution in [2.45, 2.75) is 26.8 Å². The van der Waals surface area contributed by atoms with Gasteiger partial charge < -0.3 is 10.1 Å². The minimum atomic E-state index is -0.148. The molecule has 0 heterocycles. The maximum absolute atomic E-state index is 14.4. The van der Waals surface area contributed by atoms with E-state index in [0.717, 1.165) is 17.9 Å². The smallest absolute Gasteiger partial charge is 0.131 e. The monoisotopic (exact) mass is 287 g/mol. The van der Waals surface area contributed by atoms with Crippen molar-refractivity contribution in [3.8, 4) is 5.75 Å². The molecule has 0 aliphatic rings. The van der Waals surface area contributed by atoms with Gasteiger partial charge in [0.05, 0.1) is 12.6 Å². The fourth-order valence-corrected chi connectivity index (χ4v) is 2.43. The molecule has 2 rings (SSSR count). The second kappa shape index (κ2) is 7.23. The van der Waals surface area contributed by atoms with Crippen molar-refractivity contribution in [3.63, 3.8) is 0 Å². The Morgan fingerprint density at radius 2 is 1.81 bits per heavy atom. The number of nitrogens with one attached hydrogen (secondary N) is 1. The summed E-state index contributed by atoms with van der Waals surface area (Å²) in [5.41, 5.74) is 2.38. The van der Waals surface area contributed by atoms with Crippen LogP contribution in [-0.2, 0) is 0 Å². The van der Waals surface area contributed by atoms with Gasteiger partial charge in [0.25, 0.3) is 0 Å². The van der Waals surface area contributed by atoms with E-state index in [1.165, 1.54) is 0 Å². The zero-order valence-corrected chi connectivity index (χ0v) is 12.8. The third-order valence-electron chi connectivity index (χ3n) is 3.47. The summed E-state index contributed by atoms with van der Waals surface area (Å²) in [5.74, 6) is 0.693. The van der Waals surface area contributed by atoms with Crippen LogP contribution < -0.4 is 10.1 Å². The van der Waals surface area contributed by atoms with Gasteiger partial charge in [-0.25, -0.2) is 4.39 Å². The second-order valence-corrected chi connectivity index (χ2v) is 4.97. The van der Waals surface area contributed by atoms with Crippen LogP contribution in [0.5, 0.6) is 5.75 Å². The van der Waals surface area contributed by atoms with E-state index in [-0.39, 0.29) is 11.9 Å². The molecule has 21 heavy (non-hydrogen) atoms. The molecule has 0 bridgehead atoms. The highest BCUT2D eigenvalue weighted by Crippen LogP contribution is 2.27. The number of aryl methyl sites for hydroxylation is 1. The van der Waals surface area contributed by atoms with Gasteiger partial charge in [-0.2, -0.15) is 0 Å². The van der Waals surface area contributed by atoms with Crippen LogP contribution in [0.15, 0.2) is 42.5 Å². The molecule has 0 amide bonds. The molecule has 0 saturated carbocycles. The molecule has 2 aromatic rings. The highest BCUT2D eigenvalue weighted by molar-refractivity contribution is 5.37. The number of ether oxygens (including phenoxy) is 1. The Labute approximate surface area is 126 Å². The molecule has 2 aromatic carbocycles. The van der Waals surface area contributed by atoms with Gasteiger partial charge in [0, 0.05) is 5.56 Å². The van der Waals surface area contributed by atoms with Crippen LogP contribution in [0, 0.1) is 12.7 Å². The summed E-state index contributed by atoms with van der Waals surface area (Å²) in [6.45, 7) is 7.18. The number of hydrogen-bond acceptors (Lipinski definition) is 2. The van der Waals surface area contributed by atoms with Gasteiger partial charge in [-0.1, -0.05) is 37.3 Å². The van der Waals surface area contributed by atoms with Crippen molar-refractivity contribution >= 4 is 0 Å².